The molecule has 0 unspecified atom stereocenters. The third kappa shape index (κ3) is 3.29. The number of benzene rings is 1. The molecule has 94 valence electrons. The molecule has 2 aromatic rings. The number of hydrogen-bond acceptors (Lipinski definition) is 4. The van der Waals surface area contributed by atoms with Gasteiger partial charge in [0.1, 0.15) is 0 Å². The van der Waals surface area contributed by atoms with Crippen LogP contribution in [-0.4, -0.2) is 4.92 Å². The molecule has 0 amide bonds. The van der Waals surface area contributed by atoms with Gasteiger partial charge in [-0.25, -0.2) is 0 Å². The maximum Gasteiger partial charge on any atom is 0.273 e. The lowest BCUT2D eigenvalue weighted by Gasteiger charge is -2.05. The zero-order valence-corrected chi connectivity index (χ0v) is 11.0. The molecule has 0 saturated carbocycles. The maximum atomic E-state index is 10.9. The summed E-state index contributed by atoms with van der Waals surface area (Å²) in [6.45, 7) is 1.11. The molecule has 6 heteroatoms. The Hall–Kier alpha value is -1.43. The van der Waals surface area contributed by atoms with E-state index in [0.29, 0.717) is 23.7 Å². The molecule has 0 spiro atoms. The average molecular weight is 283 g/mol. The number of thiophene rings is 1. The van der Waals surface area contributed by atoms with Gasteiger partial charge in [0.2, 0.25) is 0 Å². The zero-order chi connectivity index (χ0) is 13.0. The molecule has 0 aliphatic rings. The summed E-state index contributed by atoms with van der Waals surface area (Å²) in [4.78, 5) is 10.5. The minimum Gasteiger partial charge on any atom is -0.308 e. The van der Waals surface area contributed by atoms with E-state index in [1.54, 1.807) is 17.4 Å². The second-order valence-corrected chi connectivity index (χ2v) is 4.98. The largest absolute Gasteiger partial charge is 0.308 e. The van der Waals surface area contributed by atoms with Gasteiger partial charge in [-0.1, -0.05) is 11.6 Å². The molecule has 0 fully saturated rings. The first kappa shape index (κ1) is 13.0. The number of nitrogens with zero attached hydrogens (tertiary/aromatic N) is 1. The molecule has 1 N–H and O–H groups in total. The normalized spacial score (nSPS) is 10.5. The highest BCUT2D eigenvalue weighted by Gasteiger charge is 2.13. The Morgan fingerprint density at radius 1 is 1.33 bits per heavy atom. The number of rotatable bonds is 5. The second-order valence-electron chi connectivity index (χ2n) is 3.77. The first-order valence-electron chi connectivity index (χ1n) is 5.31. The molecular weight excluding hydrogens is 272 g/mol. The third-order valence-electron chi connectivity index (χ3n) is 2.46. The van der Waals surface area contributed by atoms with Gasteiger partial charge >= 0.3 is 0 Å². The number of nitro benzene ring substituents is 1. The van der Waals surface area contributed by atoms with Gasteiger partial charge in [0, 0.05) is 29.7 Å². The average Bonchev–Trinajstić information content (AvgIpc) is 2.82. The summed E-state index contributed by atoms with van der Waals surface area (Å²) >= 11 is 7.48. The number of nitro groups is 1. The van der Waals surface area contributed by atoms with E-state index in [2.05, 4.69) is 5.32 Å². The molecule has 0 saturated heterocycles. The fraction of sp³-hybridized carbons (Fsp3) is 0.167. The van der Waals surface area contributed by atoms with Crippen molar-refractivity contribution in [2.45, 2.75) is 13.1 Å². The van der Waals surface area contributed by atoms with Crippen LogP contribution in [0.1, 0.15) is 11.1 Å². The van der Waals surface area contributed by atoms with Crippen LogP contribution in [0.3, 0.4) is 0 Å². The number of halogens is 1. The molecule has 4 nitrogen and oxygen atoms in total. The van der Waals surface area contributed by atoms with Crippen LogP contribution in [0, 0.1) is 10.1 Å². The molecule has 1 aromatic heterocycles. The van der Waals surface area contributed by atoms with Crippen molar-refractivity contribution in [1.82, 2.24) is 5.32 Å². The molecular formula is C12H11ClN2O2S. The SMILES string of the molecule is O=[N+]([O-])c1ccc(Cl)cc1CNCc1ccsc1. The topological polar surface area (TPSA) is 55.2 Å². The smallest absolute Gasteiger partial charge is 0.273 e. The summed E-state index contributed by atoms with van der Waals surface area (Å²) in [6, 6.07) is 6.61. The Morgan fingerprint density at radius 3 is 2.83 bits per heavy atom. The fourth-order valence-electron chi connectivity index (χ4n) is 1.61. The van der Waals surface area contributed by atoms with Crippen LogP contribution in [0.15, 0.2) is 35.0 Å². The van der Waals surface area contributed by atoms with Gasteiger partial charge in [-0.15, -0.1) is 0 Å². The van der Waals surface area contributed by atoms with Gasteiger partial charge < -0.3 is 5.32 Å². The van der Waals surface area contributed by atoms with Crippen LogP contribution in [0.2, 0.25) is 5.02 Å². The van der Waals surface area contributed by atoms with Crippen LogP contribution in [0.25, 0.3) is 0 Å². The molecule has 0 radical (unpaired) electrons. The van der Waals surface area contributed by atoms with Crippen molar-refractivity contribution in [2.75, 3.05) is 0 Å². The third-order valence-corrected chi connectivity index (χ3v) is 3.43. The molecule has 1 heterocycles. The predicted octanol–water partition coefficient (Wildman–Crippen LogP) is 3.60. The highest BCUT2D eigenvalue weighted by Crippen LogP contribution is 2.22. The Kier molecular flexibility index (Phi) is 4.30. The van der Waals surface area contributed by atoms with Crippen molar-refractivity contribution in [3.63, 3.8) is 0 Å². The van der Waals surface area contributed by atoms with E-state index in [9.17, 15) is 10.1 Å². The van der Waals surface area contributed by atoms with Crippen molar-refractivity contribution in [1.29, 1.82) is 0 Å². The highest BCUT2D eigenvalue weighted by molar-refractivity contribution is 7.07. The van der Waals surface area contributed by atoms with Crippen LogP contribution in [0.5, 0.6) is 0 Å². The molecule has 0 atom stereocenters. The van der Waals surface area contributed by atoms with Crippen molar-refractivity contribution in [2.24, 2.45) is 0 Å². The first-order valence-corrected chi connectivity index (χ1v) is 6.63. The van der Waals surface area contributed by atoms with Crippen LogP contribution in [0.4, 0.5) is 5.69 Å². The van der Waals surface area contributed by atoms with Gasteiger partial charge in [0.15, 0.2) is 0 Å². The Balaban J connectivity index is 2.03. The lowest BCUT2D eigenvalue weighted by Crippen LogP contribution is -2.13. The van der Waals surface area contributed by atoms with E-state index in [-0.39, 0.29) is 5.69 Å². The maximum absolute atomic E-state index is 10.9. The van der Waals surface area contributed by atoms with Crippen molar-refractivity contribution < 1.29 is 4.92 Å². The molecule has 0 bridgehead atoms. The van der Waals surface area contributed by atoms with Crippen molar-refractivity contribution in [3.05, 3.63) is 61.3 Å². The van der Waals surface area contributed by atoms with Gasteiger partial charge in [-0.3, -0.25) is 10.1 Å². The van der Waals surface area contributed by atoms with E-state index >= 15 is 0 Å². The van der Waals surface area contributed by atoms with Crippen LogP contribution >= 0.6 is 22.9 Å². The number of hydrogen-bond donors (Lipinski definition) is 1. The lowest BCUT2D eigenvalue weighted by atomic mass is 10.2. The van der Waals surface area contributed by atoms with E-state index in [0.717, 1.165) is 0 Å². The summed E-state index contributed by atoms with van der Waals surface area (Å²) in [5.74, 6) is 0. The zero-order valence-electron chi connectivity index (χ0n) is 9.43. The molecule has 1 aromatic carbocycles. The Morgan fingerprint density at radius 2 is 2.17 bits per heavy atom. The van der Waals surface area contributed by atoms with Crippen molar-refractivity contribution in [3.8, 4) is 0 Å². The minimum atomic E-state index is -0.391. The highest BCUT2D eigenvalue weighted by atomic mass is 35.5. The van der Waals surface area contributed by atoms with Gasteiger partial charge in [-0.2, -0.15) is 11.3 Å². The van der Waals surface area contributed by atoms with E-state index in [4.69, 9.17) is 11.6 Å². The van der Waals surface area contributed by atoms with Crippen molar-refractivity contribution >= 4 is 28.6 Å². The van der Waals surface area contributed by atoms with E-state index in [1.165, 1.54) is 17.7 Å². The van der Waals surface area contributed by atoms with Gasteiger partial charge in [0.05, 0.1) is 4.92 Å². The quantitative estimate of drug-likeness (QED) is 0.673. The first-order chi connectivity index (χ1) is 8.66. The number of nitrogens with one attached hydrogen (secondary N) is 1. The van der Waals surface area contributed by atoms with Gasteiger partial charge in [0.25, 0.3) is 5.69 Å². The summed E-state index contributed by atoms with van der Waals surface area (Å²) in [7, 11) is 0. The monoisotopic (exact) mass is 282 g/mol. The second kappa shape index (κ2) is 5.95. The van der Waals surface area contributed by atoms with Crippen LogP contribution < -0.4 is 5.32 Å². The van der Waals surface area contributed by atoms with Gasteiger partial charge in [-0.05, 0) is 34.5 Å². The molecule has 0 aliphatic heterocycles. The summed E-state index contributed by atoms with van der Waals surface area (Å²) in [5.41, 5.74) is 1.87. The molecule has 18 heavy (non-hydrogen) atoms. The summed E-state index contributed by atoms with van der Waals surface area (Å²) < 4.78 is 0. The molecule has 2 rings (SSSR count). The lowest BCUT2D eigenvalue weighted by molar-refractivity contribution is -0.385. The standard InChI is InChI=1S/C12H11ClN2O2S/c13-11-1-2-12(15(16)17)10(5-11)7-14-6-9-3-4-18-8-9/h1-5,8,14H,6-7H2. The van der Waals surface area contributed by atoms with E-state index < -0.39 is 4.92 Å². The predicted molar refractivity (Wildman–Crippen MR) is 73.0 cm³/mol. The Labute approximate surface area is 113 Å². The van der Waals surface area contributed by atoms with Crippen LogP contribution in [-0.2, 0) is 13.1 Å². The van der Waals surface area contributed by atoms with E-state index in [1.807, 2.05) is 16.8 Å². The molecule has 0 aliphatic carbocycles. The fourth-order valence-corrected chi connectivity index (χ4v) is 2.47. The Bertz CT molecular complexity index is 543. The summed E-state index contributed by atoms with van der Waals surface area (Å²) in [6.07, 6.45) is 0. The summed E-state index contributed by atoms with van der Waals surface area (Å²) in [5, 5.41) is 18.6. The minimum absolute atomic E-state index is 0.0946.